The van der Waals surface area contributed by atoms with Crippen molar-refractivity contribution in [3.05, 3.63) is 23.2 Å². The third kappa shape index (κ3) is 3.37. The molecule has 8 heteroatoms. The van der Waals surface area contributed by atoms with Gasteiger partial charge in [-0.25, -0.2) is 13.1 Å². The Bertz CT molecular complexity index is 570. The van der Waals surface area contributed by atoms with E-state index in [1.54, 1.807) is 0 Å². The minimum atomic E-state index is -3.79. The summed E-state index contributed by atoms with van der Waals surface area (Å²) < 4.78 is 31.5. The summed E-state index contributed by atoms with van der Waals surface area (Å²) in [6.45, 7) is 0.419. The van der Waals surface area contributed by atoms with E-state index in [1.807, 2.05) is 0 Å². The molecule has 4 N–H and O–H groups in total. The number of anilines is 1. The largest absolute Gasteiger partial charge is 0.399 e. The lowest BCUT2D eigenvalue weighted by molar-refractivity contribution is 0.0314. The second-order valence-corrected chi connectivity index (χ2v) is 6.68. The molecule has 2 rings (SSSR count). The van der Waals surface area contributed by atoms with Crippen LogP contribution in [0.5, 0.6) is 0 Å². The second kappa shape index (κ2) is 5.26. The van der Waals surface area contributed by atoms with Crippen LogP contribution in [0.25, 0.3) is 0 Å². The molecular weight excluding hydrogens is 292 g/mol. The van der Waals surface area contributed by atoms with Gasteiger partial charge in [-0.2, -0.15) is 0 Å². The number of sulfonamides is 1. The molecular formula is C11H15ClN2O4S. The van der Waals surface area contributed by atoms with Crippen molar-refractivity contribution in [1.29, 1.82) is 0 Å². The zero-order valence-corrected chi connectivity index (χ0v) is 11.7. The monoisotopic (exact) mass is 306 g/mol. The molecule has 1 aliphatic rings. The number of hydrogen-bond acceptors (Lipinski definition) is 5. The number of nitrogens with one attached hydrogen (secondary N) is 1. The van der Waals surface area contributed by atoms with Gasteiger partial charge in [0.15, 0.2) is 0 Å². The molecule has 1 aromatic rings. The maximum Gasteiger partial charge on any atom is 0.242 e. The van der Waals surface area contributed by atoms with Crippen molar-refractivity contribution in [1.82, 2.24) is 4.72 Å². The molecule has 1 aromatic carbocycles. The standard InChI is InChI=1S/C11H15ClN2O4S/c12-9-5-8(13)1-2-10(9)19(16,17)14-6-11(15)3-4-18-7-11/h1-2,5,14-15H,3-4,6-7,13H2. The van der Waals surface area contributed by atoms with Crippen LogP contribution in [0.2, 0.25) is 5.02 Å². The van der Waals surface area contributed by atoms with Gasteiger partial charge in [0.05, 0.1) is 11.6 Å². The summed E-state index contributed by atoms with van der Waals surface area (Å²) in [6, 6.07) is 4.15. The predicted molar refractivity (Wildman–Crippen MR) is 71.4 cm³/mol. The number of aliphatic hydroxyl groups is 1. The maximum atomic E-state index is 12.1. The van der Waals surface area contributed by atoms with Gasteiger partial charge >= 0.3 is 0 Å². The molecule has 19 heavy (non-hydrogen) atoms. The van der Waals surface area contributed by atoms with E-state index < -0.39 is 15.6 Å². The Morgan fingerprint density at radius 2 is 2.26 bits per heavy atom. The molecule has 0 radical (unpaired) electrons. The summed E-state index contributed by atoms with van der Waals surface area (Å²) in [5.74, 6) is 0. The highest BCUT2D eigenvalue weighted by molar-refractivity contribution is 7.89. The zero-order valence-electron chi connectivity index (χ0n) is 10.1. The summed E-state index contributed by atoms with van der Waals surface area (Å²) in [4.78, 5) is -0.0640. The first-order valence-electron chi connectivity index (χ1n) is 5.67. The van der Waals surface area contributed by atoms with Crippen LogP contribution in [0, 0.1) is 0 Å². The number of halogens is 1. The highest BCUT2D eigenvalue weighted by atomic mass is 35.5. The fourth-order valence-electron chi connectivity index (χ4n) is 1.78. The predicted octanol–water partition coefficient (Wildman–Crippen LogP) is 0.352. The number of benzene rings is 1. The molecule has 1 atom stereocenters. The molecule has 0 spiro atoms. The quantitative estimate of drug-likeness (QED) is 0.697. The Labute approximate surface area is 116 Å². The molecule has 106 valence electrons. The third-order valence-electron chi connectivity index (χ3n) is 2.92. The van der Waals surface area contributed by atoms with Gasteiger partial charge in [-0.15, -0.1) is 0 Å². The van der Waals surface area contributed by atoms with Gasteiger partial charge in [0.1, 0.15) is 10.5 Å². The zero-order chi connectivity index (χ0) is 14.1. The molecule has 1 saturated heterocycles. The molecule has 1 fully saturated rings. The minimum Gasteiger partial charge on any atom is -0.399 e. The van der Waals surface area contributed by atoms with E-state index in [1.165, 1.54) is 18.2 Å². The lowest BCUT2D eigenvalue weighted by Gasteiger charge is -2.20. The number of rotatable bonds is 4. The average molecular weight is 307 g/mol. The van der Waals surface area contributed by atoms with Crippen LogP contribution < -0.4 is 10.5 Å². The van der Waals surface area contributed by atoms with E-state index in [-0.39, 0.29) is 23.1 Å². The van der Waals surface area contributed by atoms with Gasteiger partial charge in [0.25, 0.3) is 0 Å². The molecule has 0 saturated carbocycles. The summed E-state index contributed by atoms with van der Waals surface area (Å²) in [5, 5.41) is 10.1. The summed E-state index contributed by atoms with van der Waals surface area (Å²) in [7, 11) is -3.79. The molecule has 0 aliphatic carbocycles. The second-order valence-electron chi connectivity index (χ2n) is 4.54. The molecule has 0 bridgehead atoms. The first-order chi connectivity index (χ1) is 8.82. The Balaban J connectivity index is 2.14. The Kier molecular flexibility index (Phi) is 4.03. The van der Waals surface area contributed by atoms with Crippen molar-refractivity contribution >= 4 is 27.3 Å². The van der Waals surface area contributed by atoms with Crippen LogP contribution in [-0.4, -0.2) is 38.9 Å². The normalized spacial score (nSPS) is 23.7. The van der Waals surface area contributed by atoms with Gasteiger partial charge in [0, 0.05) is 25.3 Å². The van der Waals surface area contributed by atoms with Crippen molar-refractivity contribution < 1.29 is 18.3 Å². The van der Waals surface area contributed by atoms with Crippen molar-refractivity contribution in [2.75, 3.05) is 25.5 Å². The lowest BCUT2D eigenvalue weighted by Crippen LogP contribution is -2.43. The molecule has 1 unspecified atom stereocenters. The van der Waals surface area contributed by atoms with Gasteiger partial charge in [-0.3, -0.25) is 0 Å². The number of ether oxygens (including phenoxy) is 1. The average Bonchev–Trinajstić information content (AvgIpc) is 2.74. The van der Waals surface area contributed by atoms with Gasteiger partial charge < -0.3 is 15.6 Å². The first-order valence-corrected chi connectivity index (χ1v) is 7.53. The van der Waals surface area contributed by atoms with Crippen LogP contribution in [0.3, 0.4) is 0 Å². The molecule has 0 aromatic heterocycles. The first kappa shape index (κ1) is 14.5. The van der Waals surface area contributed by atoms with E-state index in [9.17, 15) is 13.5 Å². The molecule has 6 nitrogen and oxygen atoms in total. The smallest absolute Gasteiger partial charge is 0.242 e. The van der Waals surface area contributed by atoms with Crippen LogP contribution in [0.15, 0.2) is 23.1 Å². The van der Waals surface area contributed by atoms with E-state index in [4.69, 9.17) is 22.1 Å². The molecule has 1 heterocycles. The number of nitrogens with two attached hydrogens (primary N) is 1. The molecule has 1 aliphatic heterocycles. The molecule has 0 amide bonds. The Morgan fingerprint density at radius 1 is 1.53 bits per heavy atom. The van der Waals surface area contributed by atoms with E-state index in [2.05, 4.69) is 4.72 Å². The SMILES string of the molecule is Nc1ccc(S(=O)(=O)NCC2(O)CCOC2)c(Cl)c1. The fourth-order valence-corrected chi connectivity index (χ4v) is 3.45. The van der Waals surface area contributed by atoms with Gasteiger partial charge in [0.2, 0.25) is 10.0 Å². The summed E-state index contributed by atoms with van der Waals surface area (Å²) >= 11 is 5.86. The van der Waals surface area contributed by atoms with Gasteiger partial charge in [-0.1, -0.05) is 11.6 Å². The van der Waals surface area contributed by atoms with E-state index in [0.29, 0.717) is 18.7 Å². The van der Waals surface area contributed by atoms with Crippen LogP contribution in [0.4, 0.5) is 5.69 Å². The van der Waals surface area contributed by atoms with E-state index in [0.717, 1.165) is 0 Å². The van der Waals surface area contributed by atoms with Gasteiger partial charge in [-0.05, 0) is 18.2 Å². The number of nitrogen functional groups attached to an aromatic ring is 1. The lowest BCUT2D eigenvalue weighted by atomic mass is 10.1. The Hall–Kier alpha value is -0.860. The van der Waals surface area contributed by atoms with Crippen molar-refractivity contribution in [3.8, 4) is 0 Å². The van der Waals surface area contributed by atoms with Crippen LogP contribution in [-0.2, 0) is 14.8 Å². The van der Waals surface area contributed by atoms with Crippen molar-refractivity contribution in [3.63, 3.8) is 0 Å². The summed E-state index contributed by atoms with van der Waals surface area (Å²) in [6.07, 6.45) is 0.394. The minimum absolute atomic E-state index is 0.0437. The topological polar surface area (TPSA) is 102 Å². The highest BCUT2D eigenvalue weighted by Gasteiger charge is 2.34. The number of hydrogen-bond donors (Lipinski definition) is 3. The third-order valence-corrected chi connectivity index (χ3v) is 4.80. The fraction of sp³-hybridized carbons (Fsp3) is 0.455. The van der Waals surface area contributed by atoms with Crippen molar-refractivity contribution in [2.24, 2.45) is 0 Å². The van der Waals surface area contributed by atoms with Crippen molar-refractivity contribution in [2.45, 2.75) is 16.9 Å². The van der Waals surface area contributed by atoms with Crippen LogP contribution in [0.1, 0.15) is 6.42 Å². The Morgan fingerprint density at radius 3 is 2.84 bits per heavy atom. The van der Waals surface area contributed by atoms with Crippen LogP contribution >= 0.6 is 11.6 Å². The van der Waals surface area contributed by atoms with E-state index >= 15 is 0 Å². The highest BCUT2D eigenvalue weighted by Crippen LogP contribution is 2.24. The summed E-state index contributed by atoms with van der Waals surface area (Å²) in [5.41, 5.74) is 4.73. The maximum absolute atomic E-state index is 12.1.